The van der Waals surface area contributed by atoms with Crippen LogP contribution < -0.4 is 10.5 Å². The van der Waals surface area contributed by atoms with Gasteiger partial charge in [0, 0.05) is 11.3 Å². The van der Waals surface area contributed by atoms with Crippen molar-refractivity contribution in [3.8, 4) is 11.8 Å². The highest BCUT2D eigenvalue weighted by atomic mass is 35.5. The van der Waals surface area contributed by atoms with Crippen LogP contribution >= 0.6 is 23.2 Å². The van der Waals surface area contributed by atoms with Crippen LogP contribution in [0.3, 0.4) is 0 Å². The topological polar surface area (TPSA) is 59.0 Å². The number of hydrogen-bond acceptors (Lipinski definition) is 3. The minimum absolute atomic E-state index is 0.234. The van der Waals surface area contributed by atoms with Crippen LogP contribution in [-0.4, -0.2) is 0 Å². The molecule has 19 heavy (non-hydrogen) atoms. The quantitative estimate of drug-likeness (QED) is 0.869. The summed E-state index contributed by atoms with van der Waals surface area (Å²) >= 11 is 12.0. The largest absolute Gasteiger partial charge is 0.487 e. The maximum atomic E-state index is 9.01. The molecule has 0 aliphatic heterocycles. The second-order valence-electron chi connectivity index (χ2n) is 3.87. The van der Waals surface area contributed by atoms with Gasteiger partial charge in [0.25, 0.3) is 0 Å². The number of nitrogen functional groups attached to an aromatic ring is 1. The number of nitrogens with zero attached hydrogens (tertiary/aromatic N) is 1. The van der Waals surface area contributed by atoms with Gasteiger partial charge in [0.15, 0.2) is 0 Å². The van der Waals surface area contributed by atoms with Crippen LogP contribution in [0.5, 0.6) is 5.75 Å². The third-order valence-corrected chi connectivity index (χ3v) is 3.40. The van der Waals surface area contributed by atoms with Crippen LogP contribution in [0.25, 0.3) is 0 Å². The van der Waals surface area contributed by atoms with Crippen molar-refractivity contribution in [2.24, 2.45) is 0 Å². The van der Waals surface area contributed by atoms with Crippen LogP contribution in [0.15, 0.2) is 36.4 Å². The molecule has 0 spiro atoms. The van der Waals surface area contributed by atoms with Crippen LogP contribution in [0.2, 0.25) is 10.0 Å². The Bertz CT molecular complexity index is 650. The number of rotatable bonds is 3. The average Bonchev–Trinajstić information content (AvgIpc) is 2.41. The van der Waals surface area contributed by atoms with E-state index < -0.39 is 0 Å². The van der Waals surface area contributed by atoms with Gasteiger partial charge in [-0.1, -0.05) is 35.3 Å². The summed E-state index contributed by atoms with van der Waals surface area (Å²) in [7, 11) is 0. The molecular weight excluding hydrogens is 283 g/mol. The molecule has 0 amide bonds. The summed E-state index contributed by atoms with van der Waals surface area (Å²) in [6.07, 6.45) is 0. The Hall–Kier alpha value is -1.89. The SMILES string of the molecule is N#Cc1cc(N)ccc1OCc1cccc(Cl)c1Cl. The molecule has 2 aromatic rings. The standard InChI is InChI=1S/C14H10Cl2N2O/c15-12-3-1-2-9(14(12)16)8-19-13-5-4-11(18)6-10(13)7-17/h1-6H,8,18H2. The van der Waals surface area contributed by atoms with Crippen molar-refractivity contribution in [3.05, 3.63) is 57.6 Å². The predicted molar refractivity (Wildman–Crippen MR) is 76.4 cm³/mol. The van der Waals surface area contributed by atoms with Gasteiger partial charge in [-0.3, -0.25) is 0 Å². The number of ether oxygens (including phenoxy) is 1. The Balaban J connectivity index is 2.20. The number of nitrogens with two attached hydrogens (primary N) is 1. The van der Waals surface area contributed by atoms with E-state index in [9.17, 15) is 0 Å². The van der Waals surface area contributed by atoms with Crippen LogP contribution in [0.1, 0.15) is 11.1 Å². The van der Waals surface area contributed by atoms with Gasteiger partial charge < -0.3 is 10.5 Å². The fraction of sp³-hybridized carbons (Fsp3) is 0.0714. The molecule has 0 aromatic heterocycles. The summed E-state index contributed by atoms with van der Waals surface area (Å²) in [5, 5.41) is 9.94. The van der Waals surface area contributed by atoms with Gasteiger partial charge in [-0.2, -0.15) is 5.26 Å². The average molecular weight is 293 g/mol. The third-order valence-electron chi connectivity index (χ3n) is 2.54. The number of benzene rings is 2. The van der Waals surface area contributed by atoms with Gasteiger partial charge in [-0.25, -0.2) is 0 Å². The molecule has 2 rings (SSSR count). The molecule has 96 valence electrons. The third kappa shape index (κ3) is 3.11. The van der Waals surface area contributed by atoms with Crippen LogP contribution in [0, 0.1) is 11.3 Å². The van der Waals surface area contributed by atoms with E-state index in [1.165, 1.54) is 0 Å². The lowest BCUT2D eigenvalue weighted by atomic mass is 10.2. The molecule has 5 heteroatoms. The Morgan fingerprint density at radius 2 is 2.00 bits per heavy atom. The first-order chi connectivity index (χ1) is 9.11. The molecule has 0 fully saturated rings. The van der Waals surface area contributed by atoms with Crippen molar-refractivity contribution in [1.29, 1.82) is 5.26 Å². The molecule has 0 radical (unpaired) electrons. The zero-order valence-corrected chi connectivity index (χ0v) is 11.4. The molecule has 0 aliphatic rings. The summed E-state index contributed by atoms with van der Waals surface area (Å²) in [5.41, 5.74) is 7.27. The highest BCUT2D eigenvalue weighted by molar-refractivity contribution is 6.42. The monoisotopic (exact) mass is 292 g/mol. The van der Waals surface area contributed by atoms with E-state index in [1.807, 2.05) is 12.1 Å². The van der Waals surface area contributed by atoms with Crippen molar-refractivity contribution < 1.29 is 4.74 Å². The molecule has 0 heterocycles. The molecule has 0 atom stereocenters. The second kappa shape index (κ2) is 5.83. The first-order valence-corrected chi connectivity index (χ1v) is 6.22. The maximum absolute atomic E-state index is 9.01. The number of nitriles is 1. The van der Waals surface area contributed by atoms with E-state index in [1.54, 1.807) is 30.3 Å². The fourth-order valence-electron chi connectivity index (χ4n) is 1.58. The maximum Gasteiger partial charge on any atom is 0.137 e. The number of halogens is 2. The molecule has 0 saturated carbocycles. The lowest BCUT2D eigenvalue weighted by Crippen LogP contribution is -1.99. The number of hydrogen-bond donors (Lipinski definition) is 1. The van der Waals surface area contributed by atoms with Crippen LogP contribution in [-0.2, 0) is 6.61 Å². The fourth-order valence-corrected chi connectivity index (χ4v) is 1.95. The highest BCUT2D eigenvalue weighted by Crippen LogP contribution is 2.27. The van der Waals surface area contributed by atoms with Crippen molar-refractivity contribution >= 4 is 28.9 Å². The summed E-state index contributed by atoms with van der Waals surface area (Å²) in [4.78, 5) is 0. The van der Waals surface area contributed by atoms with Crippen molar-refractivity contribution in [2.75, 3.05) is 5.73 Å². The van der Waals surface area contributed by atoms with E-state index in [2.05, 4.69) is 0 Å². The van der Waals surface area contributed by atoms with E-state index >= 15 is 0 Å². The second-order valence-corrected chi connectivity index (χ2v) is 4.65. The molecule has 3 nitrogen and oxygen atoms in total. The molecule has 0 bridgehead atoms. The van der Waals surface area contributed by atoms with Gasteiger partial charge in [-0.05, 0) is 24.3 Å². The smallest absolute Gasteiger partial charge is 0.137 e. The summed E-state index contributed by atoms with van der Waals surface area (Å²) < 4.78 is 5.58. The Morgan fingerprint density at radius 1 is 1.21 bits per heavy atom. The Morgan fingerprint density at radius 3 is 2.74 bits per heavy atom. The first-order valence-electron chi connectivity index (χ1n) is 5.47. The summed E-state index contributed by atoms with van der Waals surface area (Å²) in [6, 6.07) is 12.2. The Kier molecular flexibility index (Phi) is 4.16. The molecule has 2 N–H and O–H groups in total. The van der Waals surface area contributed by atoms with Gasteiger partial charge in [0.2, 0.25) is 0 Å². The summed E-state index contributed by atoms with van der Waals surface area (Å²) in [5.74, 6) is 0.466. The minimum Gasteiger partial charge on any atom is -0.487 e. The van der Waals surface area contributed by atoms with E-state index in [4.69, 9.17) is 38.9 Å². The van der Waals surface area contributed by atoms with Gasteiger partial charge in [0.05, 0.1) is 15.6 Å². The van der Waals surface area contributed by atoms with Crippen molar-refractivity contribution in [3.63, 3.8) is 0 Å². The molecule has 0 unspecified atom stereocenters. The zero-order valence-electron chi connectivity index (χ0n) is 9.86. The van der Waals surface area contributed by atoms with Gasteiger partial charge >= 0.3 is 0 Å². The van der Waals surface area contributed by atoms with E-state index in [0.717, 1.165) is 5.56 Å². The molecule has 0 saturated heterocycles. The molecular formula is C14H10Cl2N2O. The van der Waals surface area contributed by atoms with Crippen LogP contribution in [0.4, 0.5) is 5.69 Å². The Labute approximate surface area is 121 Å². The van der Waals surface area contributed by atoms with Crippen molar-refractivity contribution in [2.45, 2.75) is 6.61 Å². The van der Waals surface area contributed by atoms with Gasteiger partial charge in [0.1, 0.15) is 18.4 Å². The normalized spacial score (nSPS) is 9.95. The predicted octanol–water partition coefficient (Wildman–Crippen LogP) is 4.03. The number of anilines is 1. The van der Waals surface area contributed by atoms with E-state index in [-0.39, 0.29) is 6.61 Å². The molecule has 2 aromatic carbocycles. The van der Waals surface area contributed by atoms with E-state index in [0.29, 0.717) is 27.0 Å². The zero-order chi connectivity index (χ0) is 13.8. The van der Waals surface area contributed by atoms with Gasteiger partial charge in [-0.15, -0.1) is 0 Å². The first kappa shape index (κ1) is 13.5. The lowest BCUT2D eigenvalue weighted by molar-refractivity contribution is 0.305. The summed E-state index contributed by atoms with van der Waals surface area (Å²) in [6.45, 7) is 0.234. The lowest BCUT2D eigenvalue weighted by Gasteiger charge is -2.10. The van der Waals surface area contributed by atoms with Crippen molar-refractivity contribution in [1.82, 2.24) is 0 Å². The molecule has 0 aliphatic carbocycles. The highest BCUT2D eigenvalue weighted by Gasteiger charge is 2.07. The minimum atomic E-state index is 0.234.